The third-order valence-electron chi connectivity index (χ3n) is 5.55. The van der Waals surface area contributed by atoms with Crippen LogP contribution in [0.2, 0.25) is 10.0 Å². The van der Waals surface area contributed by atoms with Gasteiger partial charge in [-0.1, -0.05) is 83.9 Å². The first-order chi connectivity index (χ1) is 15.7. The molecule has 0 saturated carbocycles. The average Bonchev–Trinajstić information content (AvgIpc) is 3.34. The minimum absolute atomic E-state index is 0.00311. The predicted octanol–water partition coefficient (Wildman–Crippen LogP) is 7.56. The van der Waals surface area contributed by atoms with E-state index in [1.54, 1.807) is 6.07 Å². The third kappa shape index (κ3) is 4.22. The van der Waals surface area contributed by atoms with E-state index in [-0.39, 0.29) is 6.04 Å². The largest absolute Gasteiger partial charge is 0.489 e. The number of aromatic nitrogens is 2. The first kappa shape index (κ1) is 20.6. The Morgan fingerprint density at radius 3 is 2.47 bits per heavy atom. The van der Waals surface area contributed by atoms with E-state index in [1.165, 1.54) is 16.3 Å². The number of rotatable bonds is 6. The summed E-state index contributed by atoms with van der Waals surface area (Å²) in [5, 5.41) is 3.66. The van der Waals surface area contributed by atoms with E-state index in [4.69, 9.17) is 27.9 Å². The molecule has 1 unspecified atom stereocenters. The van der Waals surface area contributed by atoms with Crippen molar-refractivity contribution in [1.82, 2.24) is 9.55 Å². The summed E-state index contributed by atoms with van der Waals surface area (Å²) in [7, 11) is 0. The minimum Gasteiger partial charge on any atom is -0.489 e. The second-order valence-electron chi connectivity index (χ2n) is 7.57. The molecule has 32 heavy (non-hydrogen) atoms. The lowest BCUT2D eigenvalue weighted by Crippen LogP contribution is -2.11. The summed E-state index contributed by atoms with van der Waals surface area (Å²) in [6.45, 7) is 0.379. The minimum atomic E-state index is 0.00311. The van der Waals surface area contributed by atoms with Gasteiger partial charge in [-0.25, -0.2) is 4.98 Å². The molecule has 0 N–H and O–H groups in total. The normalized spacial score (nSPS) is 12.1. The molecule has 158 valence electrons. The van der Waals surface area contributed by atoms with E-state index in [1.807, 2.05) is 43.0 Å². The zero-order chi connectivity index (χ0) is 21.9. The van der Waals surface area contributed by atoms with Crippen molar-refractivity contribution in [2.75, 3.05) is 0 Å². The fourth-order valence-electron chi connectivity index (χ4n) is 3.97. The highest BCUT2D eigenvalue weighted by molar-refractivity contribution is 6.35. The van der Waals surface area contributed by atoms with Gasteiger partial charge in [0.15, 0.2) is 0 Å². The Morgan fingerprint density at radius 1 is 0.875 bits per heavy atom. The fourth-order valence-corrected chi connectivity index (χ4v) is 4.43. The number of hydrogen-bond acceptors (Lipinski definition) is 2. The van der Waals surface area contributed by atoms with Crippen LogP contribution in [0, 0.1) is 0 Å². The van der Waals surface area contributed by atoms with Crippen LogP contribution < -0.4 is 4.74 Å². The van der Waals surface area contributed by atoms with Crippen molar-refractivity contribution in [3.05, 3.63) is 130 Å². The Hall–Kier alpha value is -3.27. The first-order valence-corrected chi connectivity index (χ1v) is 11.1. The van der Waals surface area contributed by atoms with Gasteiger partial charge in [0.25, 0.3) is 0 Å². The lowest BCUT2D eigenvalue weighted by atomic mass is 9.93. The van der Waals surface area contributed by atoms with E-state index in [9.17, 15) is 0 Å². The van der Waals surface area contributed by atoms with Crippen LogP contribution in [0.5, 0.6) is 5.75 Å². The Labute approximate surface area is 196 Å². The number of nitrogens with zero attached hydrogens (tertiary/aromatic N) is 2. The van der Waals surface area contributed by atoms with Crippen LogP contribution >= 0.6 is 23.2 Å². The molecule has 1 heterocycles. The zero-order valence-electron chi connectivity index (χ0n) is 17.2. The number of halogens is 2. The monoisotopic (exact) mass is 458 g/mol. The molecule has 0 saturated heterocycles. The van der Waals surface area contributed by atoms with Crippen LogP contribution in [0.15, 0.2) is 104 Å². The molecule has 0 aliphatic rings. The zero-order valence-corrected chi connectivity index (χ0v) is 18.7. The summed E-state index contributed by atoms with van der Waals surface area (Å²) in [6.07, 6.45) is 5.67. The molecule has 0 radical (unpaired) electrons. The maximum atomic E-state index is 6.26. The Bertz CT molecular complexity index is 1340. The van der Waals surface area contributed by atoms with Crippen LogP contribution in [0.4, 0.5) is 0 Å². The highest BCUT2D eigenvalue weighted by Crippen LogP contribution is 2.33. The Balaban J connectivity index is 1.45. The van der Waals surface area contributed by atoms with Gasteiger partial charge in [0.1, 0.15) is 12.4 Å². The maximum absolute atomic E-state index is 6.26. The quantitative estimate of drug-likeness (QED) is 0.262. The summed E-state index contributed by atoms with van der Waals surface area (Å²) in [4.78, 5) is 4.29. The number of imidazole rings is 1. The van der Waals surface area contributed by atoms with Crippen LogP contribution in [-0.2, 0) is 6.61 Å². The van der Waals surface area contributed by atoms with E-state index in [0.717, 1.165) is 16.9 Å². The van der Waals surface area contributed by atoms with E-state index >= 15 is 0 Å². The van der Waals surface area contributed by atoms with Gasteiger partial charge in [-0.2, -0.15) is 0 Å². The van der Waals surface area contributed by atoms with Gasteiger partial charge in [0.2, 0.25) is 0 Å². The van der Waals surface area contributed by atoms with Crippen molar-refractivity contribution in [1.29, 1.82) is 0 Å². The van der Waals surface area contributed by atoms with Crippen molar-refractivity contribution >= 4 is 34.0 Å². The van der Waals surface area contributed by atoms with Crippen molar-refractivity contribution in [2.45, 2.75) is 12.6 Å². The summed E-state index contributed by atoms with van der Waals surface area (Å²) in [5.74, 6) is 0.780. The molecule has 3 nitrogen and oxygen atoms in total. The molecule has 0 aliphatic carbocycles. The molecule has 0 amide bonds. The molecule has 0 spiro atoms. The molecule has 4 aromatic carbocycles. The Kier molecular flexibility index (Phi) is 5.85. The van der Waals surface area contributed by atoms with Crippen molar-refractivity contribution in [3.8, 4) is 5.75 Å². The van der Waals surface area contributed by atoms with Crippen LogP contribution in [0.3, 0.4) is 0 Å². The molecular formula is C27H20Cl2N2O. The SMILES string of the molecule is Clc1ccc(COc2ccc(C(c3cccc4ccccc34)n3ccnc3)cc2)c(Cl)c1. The molecule has 5 aromatic rings. The molecular weight excluding hydrogens is 439 g/mol. The predicted molar refractivity (Wildman–Crippen MR) is 131 cm³/mol. The topological polar surface area (TPSA) is 27.1 Å². The molecule has 1 atom stereocenters. The van der Waals surface area contributed by atoms with E-state index in [0.29, 0.717) is 16.7 Å². The number of fused-ring (bicyclic) bond motifs is 1. The molecule has 5 rings (SSSR count). The van der Waals surface area contributed by atoms with Crippen LogP contribution in [0.1, 0.15) is 22.7 Å². The summed E-state index contributed by atoms with van der Waals surface area (Å²) < 4.78 is 8.10. The van der Waals surface area contributed by atoms with Gasteiger partial charge in [-0.05, 0) is 46.2 Å². The van der Waals surface area contributed by atoms with Crippen molar-refractivity contribution in [2.24, 2.45) is 0 Å². The lowest BCUT2D eigenvalue weighted by molar-refractivity contribution is 0.306. The highest BCUT2D eigenvalue weighted by atomic mass is 35.5. The smallest absolute Gasteiger partial charge is 0.119 e. The van der Waals surface area contributed by atoms with Gasteiger partial charge >= 0.3 is 0 Å². The number of hydrogen-bond donors (Lipinski definition) is 0. The van der Waals surface area contributed by atoms with Gasteiger partial charge in [-0.3, -0.25) is 0 Å². The van der Waals surface area contributed by atoms with Crippen molar-refractivity contribution in [3.63, 3.8) is 0 Å². The van der Waals surface area contributed by atoms with E-state index < -0.39 is 0 Å². The summed E-state index contributed by atoms with van der Waals surface area (Å²) in [5.41, 5.74) is 3.27. The van der Waals surface area contributed by atoms with Gasteiger partial charge in [0, 0.05) is 28.0 Å². The number of ether oxygens (including phenoxy) is 1. The molecule has 0 fully saturated rings. The van der Waals surface area contributed by atoms with Gasteiger partial charge in [-0.15, -0.1) is 0 Å². The summed E-state index contributed by atoms with van der Waals surface area (Å²) in [6, 6.07) is 28.5. The van der Waals surface area contributed by atoms with Crippen molar-refractivity contribution < 1.29 is 4.74 Å². The standard InChI is InChI=1S/C27H20Cl2N2O/c28-22-11-8-21(26(29)16-22)17-32-23-12-9-20(10-13-23)27(31-15-14-30-18-31)25-7-3-5-19-4-1-2-6-24(19)25/h1-16,18,27H,17H2. The first-order valence-electron chi connectivity index (χ1n) is 10.3. The van der Waals surface area contributed by atoms with E-state index in [2.05, 4.69) is 64.1 Å². The average molecular weight is 459 g/mol. The second-order valence-corrected chi connectivity index (χ2v) is 8.42. The second kappa shape index (κ2) is 9.07. The number of benzene rings is 4. The maximum Gasteiger partial charge on any atom is 0.119 e. The van der Waals surface area contributed by atoms with Gasteiger partial charge < -0.3 is 9.30 Å². The molecule has 1 aromatic heterocycles. The molecule has 0 bridgehead atoms. The summed E-state index contributed by atoms with van der Waals surface area (Å²) >= 11 is 12.2. The van der Waals surface area contributed by atoms with Crippen LogP contribution in [0.25, 0.3) is 10.8 Å². The third-order valence-corrected chi connectivity index (χ3v) is 6.13. The lowest BCUT2D eigenvalue weighted by Gasteiger charge is -2.22. The molecule has 5 heteroatoms. The highest BCUT2D eigenvalue weighted by Gasteiger charge is 2.18. The fraction of sp³-hybridized carbons (Fsp3) is 0.0741. The molecule has 0 aliphatic heterocycles. The van der Waals surface area contributed by atoms with Gasteiger partial charge in [0.05, 0.1) is 12.4 Å². The van der Waals surface area contributed by atoms with Crippen LogP contribution in [-0.4, -0.2) is 9.55 Å². The Morgan fingerprint density at radius 2 is 1.69 bits per heavy atom.